The van der Waals surface area contributed by atoms with Crippen LogP contribution < -0.4 is 14.8 Å². The van der Waals surface area contributed by atoms with E-state index in [1.165, 1.54) is 5.56 Å². The van der Waals surface area contributed by atoms with Crippen LogP contribution >= 0.6 is 0 Å². The molecular formula is C22H25N3O3. The number of hydrogen-bond acceptors (Lipinski definition) is 4. The van der Waals surface area contributed by atoms with Crippen LogP contribution in [0.2, 0.25) is 0 Å². The van der Waals surface area contributed by atoms with E-state index < -0.39 is 0 Å². The van der Waals surface area contributed by atoms with Crippen molar-refractivity contribution in [2.45, 2.75) is 19.9 Å². The highest BCUT2D eigenvalue weighted by Crippen LogP contribution is 2.23. The fourth-order valence-corrected chi connectivity index (χ4v) is 2.90. The Hall–Kier alpha value is -3.28. The Labute approximate surface area is 165 Å². The zero-order valence-electron chi connectivity index (χ0n) is 16.6. The first kappa shape index (κ1) is 19.5. The molecule has 1 amide bonds. The van der Waals surface area contributed by atoms with Crippen LogP contribution in [0.5, 0.6) is 11.5 Å². The number of amides is 1. The molecular weight excluding hydrogens is 354 g/mol. The van der Waals surface area contributed by atoms with E-state index in [1.807, 2.05) is 74.1 Å². The lowest BCUT2D eigenvalue weighted by Gasteiger charge is -2.19. The normalized spacial score (nSPS) is 11.7. The van der Waals surface area contributed by atoms with Gasteiger partial charge >= 0.3 is 0 Å². The third kappa shape index (κ3) is 4.52. The van der Waals surface area contributed by atoms with Gasteiger partial charge in [0.1, 0.15) is 23.4 Å². The lowest BCUT2D eigenvalue weighted by atomic mass is 10.1. The lowest BCUT2D eigenvalue weighted by Crippen LogP contribution is -2.34. The molecule has 146 valence electrons. The zero-order chi connectivity index (χ0) is 20.1. The van der Waals surface area contributed by atoms with Crippen LogP contribution in [-0.4, -0.2) is 29.2 Å². The van der Waals surface area contributed by atoms with Crippen LogP contribution in [-0.2, 0) is 11.8 Å². The summed E-state index contributed by atoms with van der Waals surface area (Å²) in [7, 11) is 3.52. The zero-order valence-corrected chi connectivity index (χ0v) is 16.6. The fraction of sp³-hybridized carbons (Fsp3) is 0.273. The molecule has 3 rings (SSSR count). The maximum absolute atomic E-state index is 12.6. The number of carbonyl (C=O) groups is 1. The number of nitrogens with one attached hydrogen (secondary N) is 1. The molecule has 1 atom stereocenters. The van der Waals surface area contributed by atoms with Crippen molar-refractivity contribution in [1.29, 1.82) is 0 Å². The molecule has 0 bridgehead atoms. The highest BCUT2D eigenvalue weighted by atomic mass is 16.5. The van der Waals surface area contributed by atoms with Gasteiger partial charge in [-0.15, -0.1) is 0 Å². The molecule has 0 saturated heterocycles. The summed E-state index contributed by atoms with van der Waals surface area (Å²) in [6.07, 6.45) is 3.56. The van der Waals surface area contributed by atoms with Crippen molar-refractivity contribution in [3.8, 4) is 11.5 Å². The molecule has 0 aliphatic rings. The van der Waals surface area contributed by atoms with Gasteiger partial charge in [0, 0.05) is 19.4 Å². The van der Waals surface area contributed by atoms with Gasteiger partial charge in [-0.1, -0.05) is 18.2 Å². The van der Waals surface area contributed by atoms with E-state index in [-0.39, 0.29) is 18.6 Å². The fourth-order valence-electron chi connectivity index (χ4n) is 2.90. The van der Waals surface area contributed by atoms with Crippen molar-refractivity contribution in [2.75, 3.05) is 13.7 Å². The van der Waals surface area contributed by atoms with Crippen molar-refractivity contribution < 1.29 is 14.3 Å². The number of aromatic nitrogens is 2. The maximum atomic E-state index is 12.6. The minimum atomic E-state index is -0.387. The molecule has 2 aromatic carbocycles. The molecule has 0 fully saturated rings. The smallest absolute Gasteiger partial charge is 0.258 e. The Bertz CT molecular complexity index is 948. The summed E-state index contributed by atoms with van der Waals surface area (Å²) >= 11 is 0. The molecule has 0 aliphatic carbocycles. The number of aryl methyl sites for hydroxylation is 3. The third-order valence-electron chi connectivity index (χ3n) is 4.72. The number of imidazole rings is 1. The number of nitrogens with zero attached hydrogens (tertiary/aromatic N) is 2. The van der Waals surface area contributed by atoms with Gasteiger partial charge in [0.2, 0.25) is 0 Å². The number of hydrogen-bond donors (Lipinski definition) is 1. The second-order valence-electron chi connectivity index (χ2n) is 6.70. The Morgan fingerprint density at radius 3 is 2.43 bits per heavy atom. The summed E-state index contributed by atoms with van der Waals surface area (Å²) in [5, 5.41) is 3.02. The monoisotopic (exact) mass is 379 g/mol. The number of ether oxygens (including phenoxy) is 2. The molecule has 6 heteroatoms. The van der Waals surface area contributed by atoms with Crippen molar-refractivity contribution in [2.24, 2.45) is 7.05 Å². The van der Waals surface area contributed by atoms with E-state index in [1.54, 1.807) is 13.3 Å². The van der Waals surface area contributed by atoms with E-state index in [0.717, 1.165) is 22.7 Å². The summed E-state index contributed by atoms with van der Waals surface area (Å²) < 4.78 is 12.8. The van der Waals surface area contributed by atoms with Gasteiger partial charge < -0.3 is 19.4 Å². The number of benzene rings is 2. The molecule has 0 saturated carbocycles. The molecule has 0 spiro atoms. The molecule has 1 unspecified atom stereocenters. The van der Waals surface area contributed by atoms with E-state index in [2.05, 4.69) is 10.3 Å². The van der Waals surface area contributed by atoms with Gasteiger partial charge in [-0.3, -0.25) is 4.79 Å². The lowest BCUT2D eigenvalue weighted by molar-refractivity contribution is -0.123. The summed E-state index contributed by atoms with van der Waals surface area (Å²) in [6.45, 7) is 3.99. The minimum Gasteiger partial charge on any atom is -0.497 e. The van der Waals surface area contributed by atoms with Gasteiger partial charge in [0.15, 0.2) is 6.61 Å². The molecule has 3 aromatic rings. The van der Waals surface area contributed by atoms with Crippen molar-refractivity contribution >= 4 is 5.91 Å². The first-order chi connectivity index (χ1) is 13.5. The highest BCUT2D eigenvalue weighted by molar-refractivity contribution is 5.78. The molecule has 1 heterocycles. The Balaban J connectivity index is 1.74. The standard InChI is InChI=1S/C22H25N3O3/c1-15-5-8-19(13-16(15)2)28-14-20(26)24-21(22-23-11-12-25(22)3)17-6-9-18(27-4)10-7-17/h5-13,21H,14H2,1-4H3,(H,24,26). The Morgan fingerprint density at radius 2 is 1.82 bits per heavy atom. The quantitative estimate of drug-likeness (QED) is 0.684. The van der Waals surface area contributed by atoms with Gasteiger partial charge in [0.25, 0.3) is 5.91 Å². The molecule has 28 heavy (non-hydrogen) atoms. The van der Waals surface area contributed by atoms with Crippen molar-refractivity contribution in [1.82, 2.24) is 14.9 Å². The van der Waals surface area contributed by atoms with E-state index in [4.69, 9.17) is 9.47 Å². The van der Waals surface area contributed by atoms with Crippen LogP contribution in [0.4, 0.5) is 0 Å². The van der Waals surface area contributed by atoms with Gasteiger partial charge in [-0.25, -0.2) is 4.98 Å². The second kappa shape index (κ2) is 8.61. The first-order valence-electron chi connectivity index (χ1n) is 9.08. The average Bonchev–Trinajstić information content (AvgIpc) is 3.13. The molecule has 1 N–H and O–H groups in total. The largest absolute Gasteiger partial charge is 0.497 e. The SMILES string of the molecule is COc1ccc(C(NC(=O)COc2ccc(C)c(C)c2)c2nccn2C)cc1. The summed E-state index contributed by atoms with van der Waals surface area (Å²) in [5.74, 6) is 1.95. The van der Waals surface area contributed by atoms with Crippen LogP contribution in [0, 0.1) is 13.8 Å². The average molecular weight is 379 g/mol. The van der Waals surface area contributed by atoms with Crippen LogP contribution in [0.1, 0.15) is 28.6 Å². The second-order valence-corrected chi connectivity index (χ2v) is 6.70. The van der Waals surface area contributed by atoms with Gasteiger partial charge in [-0.05, 0) is 54.8 Å². The van der Waals surface area contributed by atoms with Crippen LogP contribution in [0.3, 0.4) is 0 Å². The highest BCUT2D eigenvalue weighted by Gasteiger charge is 2.21. The molecule has 0 aliphatic heterocycles. The number of carbonyl (C=O) groups excluding carboxylic acids is 1. The third-order valence-corrected chi connectivity index (χ3v) is 4.72. The Morgan fingerprint density at radius 1 is 1.11 bits per heavy atom. The van der Waals surface area contributed by atoms with E-state index >= 15 is 0 Å². The summed E-state index contributed by atoms with van der Waals surface area (Å²) in [6, 6.07) is 13.0. The van der Waals surface area contributed by atoms with Crippen molar-refractivity contribution in [3.05, 3.63) is 77.4 Å². The van der Waals surface area contributed by atoms with Gasteiger partial charge in [0.05, 0.1) is 7.11 Å². The Kier molecular flexibility index (Phi) is 5.99. The van der Waals surface area contributed by atoms with Gasteiger partial charge in [-0.2, -0.15) is 0 Å². The summed E-state index contributed by atoms with van der Waals surface area (Å²) in [4.78, 5) is 17.0. The molecule has 1 aromatic heterocycles. The topological polar surface area (TPSA) is 65.4 Å². The van der Waals surface area contributed by atoms with E-state index in [0.29, 0.717) is 5.75 Å². The first-order valence-corrected chi connectivity index (χ1v) is 9.08. The van der Waals surface area contributed by atoms with Crippen molar-refractivity contribution in [3.63, 3.8) is 0 Å². The molecule has 0 radical (unpaired) electrons. The van der Waals surface area contributed by atoms with Crippen LogP contribution in [0.25, 0.3) is 0 Å². The van der Waals surface area contributed by atoms with E-state index in [9.17, 15) is 4.79 Å². The van der Waals surface area contributed by atoms with Crippen LogP contribution in [0.15, 0.2) is 54.9 Å². The minimum absolute atomic E-state index is 0.0699. The predicted octanol–water partition coefficient (Wildman–Crippen LogP) is 3.33. The summed E-state index contributed by atoms with van der Waals surface area (Å²) in [5.41, 5.74) is 3.22. The predicted molar refractivity (Wildman–Crippen MR) is 108 cm³/mol. The number of methoxy groups -OCH3 is 1. The number of rotatable bonds is 7. The maximum Gasteiger partial charge on any atom is 0.258 e. The molecule has 6 nitrogen and oxygen atoms in total.